The minimum absolute atomic E-state index is 0.141. The first-order valence-electron chi connectivity index (χ1n) is 8.54. The molecule has 0 fully saturated rings. The van der Waals surface area contributed by atoms with E-state index in [9.17, 15) is 9.18 Å². The summed E-state index contributed by atoms with van der Waals surface area (Å²) in [6.07, 6.45) is 0. The van der Waals surface area contributed by atoms with Crippen LogP contribution in [0.15, 0.2) is 47.6 Å². The van der Waals surface area contributed by atoms with Gasteiger partial charge in [0.05, 0.1) is 11.3 Å². The standard InChI is InChI=1S/C19H17FN4O3S/c1-24-18(13-4-2-3-5-14(13)20)22-23-19(24)28-10-17(25)21-9-12-6-7-15-16(8-12)27-11-26-15/h2-8H,9-11H2,1H3,(H,21,25). The highest BCUT2D eigenvalue weighted by atomic mass is 32.2. The molecule has 0 spiro atoms. The van der Waals surface area contributed by atoms with Crippen molar-refractivity contribution in [1.82, 2.24) is 20.1 Å². The Hall–Kier alpha value is -3.07. The van der Waals surface area contributed by atoms with Gasteiger partial charge in [0.1, 0.15) is 5.82 Å². The van der Waals surface area contributed by atoms with Gasteiger partial charge in [0.25, 0.3) is 0 Å². The zero-order chi connectivity index (χ0) is 19.5. The molecule has 2 aromatic carbocycles. The molecule has 1 N–H and O–H groups in total. The maximum atomic E-state index is 14.0. The monoisotopic (exact) mass is 400 g/mol. The second-order valence-corrected chi connectivity index (χ2v) is 7.04. The fourth-order valence-electron chi connectivity index (χ4n) is 2.75. The van der Waals surface area contributed by atoms with Gasteiger partial charge in [0.2, 0.25) is 12.7 Å². The van der Waals surface area contributed by atoms with Crippen LogP contribution < -0.4 is 14.8 Å². The SMILES string of the molecule is Cn1c(SCC(=O)NCc2ccc3c(c2)OCO3)nnc1-c1ccccc1F. The Morgan fingerprint density at radius 3 is 2.89 bits per heavy atom. The van der Waals surface area contributed by atoms with Crippen molar-refractivity contribution >= 4 is 17.7 Å². The number of thioether (sulfide) groups is 1. The summed E-state index contributed by atoms with van der Waals surface area (Å²) >= 11 is 1.24. The lowest BCUT2D eigenvalue weighted by atomic mass is 10.2. The summed E-state index contributed by atoms with van der Waals surface area (Å²) < 4.78 is 26.2. The second-order valence-electron chi connectivity index (χ2n) is 6.10. The summed E-state index contributed by atoms with van der Waals surface area (Å²) in [6, 6.07) is 11.9. The summed E-state index contributed by atoms with van der Waals surface area (Å²) in [7, 11) is 1.74. The Kier molecular flexibility index (Phi) is 5.16. The van der Waals surface area contributed by atoms with Gasteiger partial charge in [-0.15, -0.1) is 10.2 Å². The highest BCUT2D eigenvalue weighted by molar-refractivity contribution is 7.99. The van der Waals surface area contributed by atoms with Gasteiger partial charge in [-0.3, -0.25) is 4.79 Å². The number of nitrogens with one attached hydrogen (secondary N) is 1. The summed E-state index contributed by atoms with van der Waals surface area (Å²) in [4.78, 5) is 12.2. The van der Waals surface area contributed by atoms with Crippen molar-refractivity contribution in [3.63, 3.8) is 0 Å². The molecule has 0 radical (unpaired) electrons. The van der Waals surface area contributed by atoms with Gasteiger partial charge in [-0.05, 0) is 29.8 Å². The number of hydrogen-bond acceptors (Lipinski definition) is 6. The minimum atomic E-state index is -0.365. The second kappa shape index (κ2) is 7.89. The number of rotatable bonds is 6. The average Bonchev–Trinajstić information content (AvgIpc) is 3.31. The Morgan fingerprint density at radius 1 is 1.21 bits per heavy atom. The number of fused-ring (bicyclic) bond motifs is 1. The first-order chi connectivity index (χ1) is 13.6. The number of aromatic nitrogens is 3. The fourth-order valence-corrected chi connectivity index (χ4v) is 3.49. The summed E-state index contributed by atoms with van der Waals surface area (Å²) in [6.45, 7) is 0.601. The minimum Gasteiger partial charge on any atom is -0.454 e. The van der Waals surface area contributed by atoms with Crippen LogP contribution in [0.1, 0.15) is 5.56 Å². The first-order valence-corrected chi connectivity index (χ1v) is 9.52. The van der Waals surface area contributed by atoms with E-state index in [0.29, 0.717) is 34.6 Å². The van der Waals surface area contributed by atoms with E-state index in [1.807, 2.05) is 18.2 Å². The maximum Gasteiger partial charge on any atom is 0.231 e. The zero-order valence-corrected chi connectivity index (χ0v) is 15.8. The number of hydrogen-bond donors (Lipinski definition) is 1. The molecule has 0 aliphatic carbocycles. The number of carbonyl (C=O) groups is 1. The van der Waals surface area contributed by atoms with Gasteiger partial charge in [-0.25, -0.2) is 4.39 Å². The van der Waals surface area contributed by atoms with Gasteiger partial charge in [0.15, 0.2) is 22.5 Å². The molecule has 1 amide bonds. The lowest BCUT2D eigenvalue weighted by molar-refractivity contribution is -0.118. The highest BCUT2D eigenvalue weighted by Gasteiger charge is 2.16. The van der Waals surface area contributed by atoms with Gasteiger partial charge in [-0.1, -0.05) is 30.0 Å². The van der Waals surface area contributed by atoms with Crippen LogP contribution in [0.2, 0.25) is 0 Å². The largest absolute Gasteiger partial charge is 0.454 e. The van der Waals surface area contributed by atoms with Gasteiger partial charge >= 0.3 is 0 Å². The van der Waals surface area contributed by atoms with E-state index < -0.39 is 0 Å². The maximum absolute atomic E-state index is 14.0. The molecule has 28 heavy (non-hydrogen) atoms. The van der Waals surface area contributed by atoms with E-state index >= 15 is 0 Å². The number of carbonyl (C=O) groups excluding carboxylic acids is 1. The van der Waals surface area contributed by atoms with Gasteiger partial charge in [0, 0.05) is 13.6 Å². The predicted octanol–water partition coefficient (Wildman–Crippen LogP) is 2.76. The topological polar surface area (TPSA) is 78.3 Å². The number of amides is 1. The Balaban J connectivity index is 1.33. The van der Waals surface area contributed by atoms with Crippen LogP contribution in [0.3, 0.4) is 0 Å². The molecule has 144 valence electrons. The highest BCUT2D eigenvalue weighted by Crippen LogP contribution is 2.32. The molecular formula is C19H17FN4O3S. The molecule has 3 aromatic rings. The molecule has 0 bridgehead atoms. The normalized spacial score (nSPS) is 12.2. The molecule has 1 aliphatic heterocycles. The van der Waals surface area contributed by atoms with Gasteiger partial charge < -0.3 is 19.4 Å². The average molecular weight is 400 g/mol. The Labute approximate surface area is 164 Å². The fraction of sp³-hybridized carbons (Fsp3) is 0.211. The van der Waals surface area contributed by atoms with Crippen LogP contribution in [-0.4, -0.2) is 33.2 Å². The van der Waals surface area contributed by atoms with Crippen LogP contribution in [0.25, 0.3) is 11.4 Å². The van der Waals surface area contributed by atoms with Crippen molar-refractivity contribution in [2.45, 2.75) is 11.7 Å². The van der Waals surface area contributed by atoms with Crippen LogP contribution >= 0.6 is 11.8 Å². The first kappa shape index (κ1) is 18.3. The third kappa shape index (κ3) is 3.79. The lowest BCUT2D eigenvalue weighted by Crippen LogP contribution is -2.24. The van der Waals surface area contributed by atoms with E-state index in [1.54, 1.807) is 29.8 Å². The smallest absolute Gasteiger partial charge is 0.231 e. The van der Waals surface area contributed by atoms with Crippen LogP contribution in [0.5, 0.6) is 11.5 Å². The predicted molar refractivity (Wildman–Crippen MR) is 102 cm³/mol. The molecule has 1 aliphatic rings. The van der Waals surface area contributed by atoms with E-state index in [1.165, 1.54) is 17.8 Å². The van der Waals surface area contributed by atoms with Crippen molar-refractivity contribution in [2.24, 2.45) is 7.05 Å². The number of benzene rings is 2. The van der Waals surface area contributed by atoms with Crippen LogP contribution in [0.4, 0.5) is 4.39 Å². The van der Waals surface area contributed by atoms with E-state index in [4.69, 9.17) is 9.47 Å². The Morgan fingerprint density at radius 2 is 2.04 bits per heavy atom. The molecule has 0 saturated heterocycles. The summed E-state index contributed by atoms with van der Waals surface area (Å²) in [5.74, 6) is 1.48. The van der Waals surface area contributed by atoms with Crippen molar-refractivity contribution < 1.29 is 18.7 Å². The summed E-state index contributed by atoms with van der Waals surface area (Å²) in [5.41, 5.74) is 1.29. The number of nitrogens with zero attached hydrogens (tertiary/aromatic N) is 3. The van der Waals surface area contributed by atoms with Crippen molar-refractivity contribution in [3.05, 3.63) is 53.8 Å². The molecular weight excluding hydrogens is 383 g/mol. The molecule has 0 unspecified atom stereocenters. The van der Waals surface area contributed by atoms with Crippen molar-refractivity contribution in [1.29, 1.82) is 0 Å². The summed E-state index contributed by atoms with van der Waals surface area (Å²) in [5, 5.41) is 11.5. The van der Waals surface area contributed by atoms with Crippen LogP contribution in [0, 0.1) is 5.82 Å². The molecule has 0 saturated carbocycles. The van der Waals surface area contributed by atoms with Crippen molar-refractivity contribution in [3.8, 4) is 22.9 Å². The molecule has 0 atom stereocenters. The molecule has 7 nitrogen and oxygen atoms in total. The third-order valence-corrected chi connectivity index (χ3v) is 5.23. The number of halogens is 1. The van der Waals surface area contributed by atoms with Gasteiger partial charge in [-0.2, -0.15) is 0 Å². The molecule has 4 rings (SSSR count). The third-order valence-electron chi connectivity index (χ3n) is 4.21. The quantitative estimate of drug-likeness (QED) is 0.641. The molecule has 9 heteroatoms. The Bertz CT molecular complexity index is 1020. The van der Waals surface area contributed by atoms with Crippen LogP contribution in [-0.2, 0) is 18.4 Å². The molecule has 2 heterocycles. The molecule has 1 aromatic heterocycles. The zero-order valence-electron chi connectivity index (χ0n) is 15.0. The number of ether oxygens (including phenoxy) is 2. The van der Waals surface area contributed by atoms with E-state index in [-0.39, 0.29) is 24.3 Å². The van der Waals surface area contributed by atoms with Crippen molar-refractivity contribution in [2.75, 3.05) is 12.5 Å². The van der Waals surface area contributed by atoms with E-state index in [2.05, 4.69) is 15.5 Å². The van der Waals surface area contributed by atoms with E-state index in [0.717, 1.165) is 5.56 Å². The lowest BCUT2D eigenvalue weighted by Gasteiger charge is -2.07.